The molecule has 0 heterocycles. The second kappa shape index (κ2) is 4.07. The number of carbonyl (C=O) groups excluding carboxylic acids is 1. The van der Waals surface area contributed by atoms with Crippen LogP contribution in [0.5, 0.6) is 0 Å². The summed E-state index contributed by atoms with van der Waals surface area (Å²) in [7, 11) is 0. The third-order valence-electron chi connectivity index (χ3n) is 4.41. The fourth-order valence-corrected chi connectivity index (χ4v) is 3.02. The minimum Gasteiger partial charge on any atom is -0.385 e. The van der Waals surface area contributed by atoms with Crippen molar-refractivity contribution in [3.05, 3.63) is 23.8 Å². The minimum absolute atomic E-state index is 0.272. The van der Waals surface area contributed by atoms with Crippen LogP contribution in [-0.2, 0) is 4.79 Å². The molecular weight excluding hydrogens is 216 g/mol. The first-order valence-corrected chi connectivity index (χ1v) is 6.17. The van der Waals surface area contributed by atoms with E-state index in [0.717, 1.165) is 24.0 Å². The Bertz CT molecular complexity index is 396. The van der Waals surface area contributed by atoms with Crippen LogP contribution in [0, 0.1) is 11.8 Å². The Morgan fingerprint density at radius 3 is 2.82 bits per heavy atom. The van der Waals surface area contributed by atoms with E-state index in [1.165, 1.54) is 6.08 Å². The summed E-state index contributed by atoms with van der Waals surface area (Å²) >= 11 is 0. The molecule has 0 radical (unpaired) electrons. The van der Waals surface area contributed by atoms with Gasteiger partial charge >= 0.3 is 0 Å². The van der Waals surface area contributed by atoms with Gasteiger partial charge in [-0.15, -0.1) is 0 Å². The molecule has 1 fully saturated rings. The Labute approximate surface area is 102 Å². The minimum atomic E-state index is -1.08. The quantitative estimate of drug-likeness (QED) is 0.680. The first kappa shape index (κ1) is 12.5. The molecule has 3 heteroatoms. The zero-order valence-electron chi connectivity index (χ0n) is 10.4. The largest absolute Gasteiger partial charge is 0.385 e. The molecule has 4 unspecified atom stereocenters. The molecule has 0 spiro atoms. The second-order valence-corrected chi connectivity index (χ2v) is 5.52. The molecule has 3 nitrogen and oxygen atoms in total. The number of aliphatic hydroxyl groups excluding tert-OH is 1. The van der Waals surface area contributed by atoms with Gasteiger partial charge in [-0.3, -0.25) is 4.79 Å². The molecule has 2 N–H and O–H groups in total. The van der Waals surface area contributed by atoms with Crippen molar-refractivity contribution in [1.82, 2.24) is 0 Å². The summed E-state index contributed by atoms with van der Waals surface area (Å²) in [6.07, 6.45) is 2.59. The van der Waals surface area contributed by atoms with Crippen LogP contribution in [0.15, 0.2) is 23.8 Å². The maximum atomic E-state index is 11.6. The Morgan fingerprint density at radius 2 is 2.24 bits per heavy atom. The van der Waals surface area contributed by atoms with E-state index >= 15 is 0 Å². The number of hydrogen-bond acceptors (Lipinski definition) is 3. The lowest BCUT2D eigenvalue weighted by Crippen LogP contribution is -2.53. The zero-order valence-corrected chi connectivity index (χ0v) is 10.4. The Balaban J connectivity index is 2.35. The number of carbonyl (C=O) groups is 1. The number of aliphatic hydroxyl groups is 2. The fraction of sp³-hybridized carbons (Fsp3) is 0.643. The fourth-order valence-electron chi connectivity index (χ4n) is 3.02. The van der Waals surface area contributed by atoms with Crippen molar-refractivity contribution >= 4 is 5.78 Å². The molecule has 2 aliphatic rings. The molecule has 1 saturated carbocycles. The van der Waals surface area contributed by atoms with E-state index < -0.39 is 17.6 Å². The maximum absolute atomic E-state index is 11.6. The van der Waals surface area contributed by atoms with Crippen LogP contribution in [-0.4, -0.2) is 27.7 Å². The number of ketones is 1. The number of allylic oxidation sites excluding steroid dienone is 1. The molecule has 0 aromatic rings. The number of rotatable bonds is 1. The molecule has 94 valence electrons. The van der Waals surface area contributed by atoms with E-state index in [4.69, 9.17) is 0 Å². The predicted octanol–water partition coefficient (Wildman–Crippen LogP) is 1.60. The van der Waals surface area contributed by atoms with Crippen LogP contribution in [0.4, 0.5) is 0 Å². The van der Waals surface area contributed by atoms with Crippen molar-refractivity contribution < 1.29 is 15.0 Å². The summed E-state index contributed by atoms with van der Waals surface area (Å²) in [5, 5.41) is 20.5. The Morgan fingerprint density at radius 1 is 1.59 bits per heavy atom. The molecule has 2 rings (SSSR count). The van der Waals surface area contributed by atoms with E-state index in [1.807, 2.05) is 6.92 Å². The van der Waals surface area contributed by atoms with Crippen LogP contribution in [0.3, 0.4) is 0 Å². The highest BCUT2D eigenvalue weighted by molar-refractivity contribution is 5.95. The molecule has 0 saturated heterocycles. The van der Waals surface area contributed by atoms with E-state index in [2.05, 4.69) is 6.58 Å². The SMILES string of the molecule is C=C(C)C1CCC2=CC(=O)C(O)C(C)C2(O)C1. The monoisotopic (exact) mass is 236 g/mol. The summed E-state index contributed by atoms with van der Waals surface area (Å²) in [5.74, 6) is -0.428. The van der Waals surface area contributed by atoms with Crippen molar-refractivity contribution in [1.29, 1.82) is 0 Å². The van der Waals surface area contributed by atoms with Crippen LogP contribution >= 0.6 is 0 Å². The zero-order chi connectivity index (χ0) is 12.8. The van der Waals surface area contributed by atoms with Gasteiger partial charge in [0.1, 0.15) is 6.10 Å². The number of fused-ring (bicyclic) bond motifs is 1. The van der Waals surface area contributed by atoms with Gasteiger partial charge in [0.2, 0.25) is 0 Å². The molecular formula is C14H20O3. The maximum Gasteiger partial charge on any atom is 0.184 e. The highest BCUT2D eigenvalue weighted by Crippen LogP contribution is 2.46. The summed E-state index contributed by atoms with van der Waals surface area (Å²) in [4.78, 5) is 11.6. The van der Waals surface area contributed by atoms with Crippen molar-refractivity contribution in [2.45, 2.75) is 44.8 Å². The van der Waals surface area contributed by atoms with Crippen molar-refractivity contribution in [2.75, 3.05) is 0 Å². The highest BCUT2D eigenvalue weighted by Gasteiger charge is 2.49. The number of hydrogen-bond donors (Lipinski definition) is 2. The van der Waals surface area contributed by atoms with Gasteiger partial charge in [0.15, 0.2) is 5.78 Å². The average Bonchev–Trinajstić information content (AvgIpc) is 2.27. The van der Waals surface area contributed by atoms with Gasteiger partial charge in [0.25, 0.3) is 0 Å². The van der Waals surface area contributed by atoms with Gasteiger partial charge < -0.3 is 10.2 Å². The first-order valence-electron chi connectivity index (χ1n) is 6.17. The van der Waals surface area contributed by atoms with Crippen molar-refractivity contribution in [3.63, 3.8) is 0 Å². The van der Waals surface area contributed by atoms with Gasteiger partial charge in [-0.2, -0.15) is 0 Å². The van der Waals surface area contributed by atoms with E-state index in [-0.39, 0.29) is 11.7 Å². The predicted molar refractivity (Wildman–Crippen MR) is 65.4 cm³/mol. The van der Waals surface area contributed by atoms with E-state index in [0.29, 0.717) is 6.42 Å². The van der Waals surface area contributed by atoms with Gasteiger partial charge in [0, 0.05) is 5.92 Å². The first-order chi connectivity index (χ1) is 7.86. The normalized spacial score (nSPS) is 41.8. The molecule has 0 aromatic heterocycles. The summed E-state index contributed by atoms with van der Waals surface area (Å²) in [6.45, 7) is 7.66. The third-order valence-corrected chi connectivity index (χ3v) is 4.41. The molecule has 0 amide bonds. The van der Waals surface area contributed by atoms with E-state index in [1.54, 1.807) is 6.92 Å². The van der Waals surface area contributed by atoms with Gasteiger partial charge in [0.05, 0.1) is 5.60 Å². The van der Waals surface area contributed by atoms with Gasteiger partial charge in [-0.1, -0.05) is 19.1 Å². The van der Waals surface area contributed by atoms with Gasteiger partial charge in [-0.05, 0) is 43.8 Å². The van der Waals surface area contributed by atoms with Crippen LogP contribution in [0.2, 0.25) is 0 Å². The lowest BCUT2D eigenvalue weighted by Gasteiger charge is -2.46. The van der Waals surface area contributed by atoms with Crippen molar-refractivity contribution in [3.8, 4) is 0 Å². The van der Waals surface area contributed by atoms with Crippen LogP contribution in [0.25, 0.3) is 0 Å². The lowest BCUT2D eigenvalue weighted by atomic mass is 9.63. The molecule has 0 aliphatic heterocycles. The topological polar surface area (TPSA) is 57.5 Å². The van der Waals surface area contributed by atoms with Gasteiger partial charge in [-0.25, -0.2) is 0 Å². The molecule has 2 aliphatic carbocycles. The lowest BCUT2D eigenvalue weighted by molar-refractivity contribution is -0.135. The Hall–Kier alpha value is -0.930. The molecule has 4 atom stereocenters. The third kappa shape index (κ3) is 1.87. The molecule has 17 heavy (non-hydrogen) atoms. The smallest absolute Gasteiger partial charge is 0.184 e. The highest BCUT2D eigenvalue weighted by atomic mass is 16.3. The second-order valence-electron chi connectivity index (χ2n) is 5.52. The summed E-state index contributed by atoms with van der Waals surface area (Å²) in [5.41, 5.74) is 0.823. The van der Waals surface area contributed by atoms with E-state index in [9.17, 15) is 15.0 Å². The summed E-state index contributed by atoms with van der Waals surface area (Å²) in [6, 6.07) is 0. The van der Waals surface area contributed by atoms with Crippen molar-refractivity contribution in [2.24, 2.45) is 11.8 Å². The van der Waals surface area contributed by atoms with Crippen LogP contribution < -0.4 is 0 Å². The Kier molecular flexibility index (Phi) is 3.00. The molecule has 0 bridgehead atoms. The average molecular weight is 236 g/mol. The van der Waals surface area contributed by atoms with Crippen LogP contribution in [0.1, 0.15) is 33.1 Å². The summed E-state index contributed by atoms with van der Waals surface area (Å²) < 4.78 is 0. The molecule has 0 aromatic carbocycles. The standard InChI is InChI=1S/C14H20O3/c1-8(2)10-4-5-11-6-12(15)13(16)9(3)14(11,17)7-10/h6,9-10,13,16-17H,1,4-5,7H2,2-3H3.